The van der Waals surface area contributed by atoms with Crippen molar-refractivity contribution in [2.75, 3.05) is 0 Å². The van der Waals surface area contributed by atoms with Crippen molar-refractivity contribution in [2.24, 2.45) is 0 Å². The van der Waals surface area contributed by atoms with Crippen LogP contribution >= 0.6 is 0 Å². The molecule has 0 fully saturated rings. The largest absolute Gasteiger partial charge is 0.508 e. The first-order chi connectivity index (χ1) is 28.4. The third-order valence-electron chi connectivity index (χ3n) is 13.0. The second-order valence-electron chi connectivity index (χ2n) is 16.6. The van der Waals surface area contributed by atoms with Gasteiger partial charge in [-0.05, 0) is 147 Å². The van der Waals surface area contributed by atoms with Crippen LogP contribution in [0.4, 0.5) is 0 Å². The van der Waals surface area contributed by atoms with Crippen molar-refractivity contribution in [1.29, 1.82) is 0 Å². The van der Waals surface area contributed by atoms with E-state index in [1.54, 1.807) is 48.5 Å². The number of rotatable bonds is 4. The van der Waals surface area contributed by atoms with Gasteiger partial charge in [0.05, 0.1) is 21.7 Å². The highest BCUT2D eigenvalue weighted by Gasteiger charge is 2.44. The van der Waals surface area contributed by atoms with Crippen molar-refractivity contribution >= 4 is 0 Å². The number of hydrogen-bond acceptors (Lipinski definition) is 8. The molecule has 1 aliphatic rings. The monoisotopic (exact) mass is 804 g/mol. The van der Waals surface area contributed by atoms with Gasteiger partial charge in [0.1, 0.15) is 46.0 Å². The molecule has 0 saturated heterocycles. The topological polar surface area (TPSA) is 225 Å². The van der Waals surface area contributed by atoms with Gasteiger partial charge in [0.2, 0.25) is 0 Å². The van der Waals surface area contributed by atoms with E-state index in [9.17, 15) is 40.9 Å². The number of H-pyrrole nitrogens is 4. The SMILES string of the molecule is C[C@]1(c2cc(O)cc(O)c2)c2ccc([nH]2)[C@@](C)(c2cc(O)cc(O)c2)c2ccc([nH]2)[C@@](C)(c2cc(O)cc(O)c2)c2ccc([nH]2)[C@@](C)(c2cc(O)cc(O)c2)c2ccc1[nH]2. The molecule has 8 bridgehead atoms. The minimum Gasteiger partial charge on any atom is -0.508 e. The predicted molar refractivity (Wildman–Crippen MR) is 224 cm³/mol. The molecule has 0 atom stereocenters. The third kappa shape index (κ3) is 5.58. The Morgan fingerprint density at radius 2 is 0.383 bits per heavy atom. The zero-order valence-electron chi connectivity index (χ0n) is 33.1. The van der Waals surface area contributed by atoms with Crippen molar-refractivity contribution in [1.82, 2.24) is 19.9 Å². The molecule has 9 rings (SSSR count). The fourth-order valence-electron chi connectivity index (χ4n) is 9.27. The molecule has 304 valence electrons. The molecule has 0 spiro atoms. The molecule has 0 unspecified atom stereocenters. The van der Waals surface area contributed by atoms with Crippen molar-refractivity contribution in [2.45, 2.75) is 49.4 Å². The fourth-order valence-corrected chi connectivity index (χ4v) is 9.27. The highest BCUT2D eigenvalue weighted by molar-refractivity contribution is 5.59. The summed E-state index contributed by atoms with van der Waals surface area (Å²) < 4.78 is 0. The van der Waals surface area contributed by atoms with Crippen LogP contribution < -0.4 is 0 Å². The van der Waals surface area contributed by atoms with Crippen LogP contribution in [0.5, 0.6) is 46.0 Å². The maximum absolute atomic E-state index is 10.8. The summed E-state index contributed by atoms with van der Waals surface area (Å²) in [6.07, 6.45) is 0. The zero-order valence-corrected chi connectivity index (χ0v) is 33.1. The van der Waals surface area contributed by atoms with Crippen LogP contribution in [0.2, 0.25) is 0 Å². The smallest absolute Gasteiger partial charge is 0.119 e. The average molecular weight is 805 g/mol. The van der Waals surface area contributed by atoms with Crippen molar-refractivity contribution in [3.63, 3.8) is 0 Å². The van der Waals surface area contributed by atoms with Crippen LogP contribution in [0.15, 0.2) is 121 Å². The molecule has 60 heavy (non-hydrogen) atoms. The highest BCUT2D eigenvalue weighted by Crippen LogP contribution is 2.50. The van der Waals surface area contributed by atoms with Crippen molar-refractivity contribution in [3.8, 4) is 46.0 Å². The van der Waals surface area contributed by atoms with Gasteiger partial charge in [-0.15, -0.1) is 0 Å². The Bertz CT molecular complexity index is 2410. The van der Waals surface area contributed by atoms with Gasteiger partial charge >= 0.3 is 0 Å². The van der Waals surface area contributed by atoms with Gasteiger partial charge < -0.3 is 60.8 Å². The number of aromatic hydroxyl groups is 8. The molecule has 4 aromatic heterocycles. The van der Waals surface area contributed by atoms with Crippen LogP contribution in [0.1, 0.15) is 95.5 Å². The van der Waals surface area contributed by atoms with Gasteiger partial charge in [0.25, 0.3) is 0 Å². The molecule has 12 N–H and O–H groups in total. The summed E-state index contributed by atoms with van der Waals surface area (Å²) in [5, 5.41) is 86.8. The van der Waals surface area contributed by atoms with Gasteiger partial charge in [-0.25, -0.2) is 0 Å². The average Bonchev–Trinajstić information content (AvgIpc) is 4.02. The maximum Gasteiger partial charge on any atom is 0.119 e. The maximum atomic E-state index is 10.8. The Balaban J connectivity index is 1.41. The van der Waals surface area contributed by atoms with Crippen LogP contribution in [0, 0.1) is 0 Å². The van der Waals surface area contributed by atoms with Gasteiger partial charge in [0, 0.05) is 69.8 Å². The van der Waals surface area contributed by atoms with Gasteiger partial charge in [-0.2, -0.15) is 0 Å². The Labute approximate surface area is 344 Å². The summed E-state index contributed by atoms with van der Waals surface area (Å²) in [5.74, 6) is -1.13. The molecule has 4 aromatic carbocycles. The Kier molecular flexibility index (Phi) is 8.19. The standard InChI is InChI=1S/C48H44N4O8/c1-45(25-13-29(53)21-30(54)14-25)37-5-7-39(49-37)46(2,26-15-31(55)22-32(56)16-26)41-9-11-43(51-41)48(4,28-19-35(59)24-36(60)20-28)44-12-10-42(52-44)47(3,40-8-6-38(45)50-40)27-17-33(57)23-34(58)18-27/h5-24,49-60H,1-4H3/t45-,46+,47-,48+. The van der Waals surface area contributed by atoms with Gasteiger partial charge in [0.15, 0.2) is 0 Å². The van der Waals surface area contributed by atoms with Crippen LogP contribution in [0.3, 0.4) is 0 Å². The summed E-state index contributed by atoms with van der Waals surface area (Å²) in [6, 6.07) is 33.1. The van der Waals surface area contributed by atoms with Crippen LogP contribution in [-0.2, 0) is 21.7 Å². The summed E-state index contributed by atoms with van der Waals surface area (Å²) in [4.78, 5) is 14.7. The number of benzene rings is 4. The second-order valence-corrected chi connectivity index (χ2v) is 16.6. The lowest BCUT2D eigenvalue weighted by Gasteiger charge is -2.34. The van der Waals surface area contributed by atoms with Crippen molar-refractivity contribution < 1.29 is 40.9 Å². The lowest BCUT2D eigenvalue weighted by Crippen LogP contribution is -2.32. The number of aromatic amines is 4. The number of nitrogens with one attached hydrogen (secondary N) is 4. The highest BCUT2D eigenvalue weighted by atomic mass is 16.3. The van der Waals surface area contributed by atoms with E-state index in [1.165, 1.54) is 24.3 Å². The minimum atomic E-state index is -1.11. The Hall–Kier alpha value is -7.60. The molecule has 0 radical (unpaired) electrons. The van der Waals surface area contributed by atoms with E-state index >= 15 is 0 Å². The number of aromatic nitrogens is 4. The van der Waals surface area contributed by atoms with E-state index < -0.39 is 21.7 Å². The van der Waals surface area contributed by atoms with E-state index in [1.807, 2.05) is 76.2 Å². The number of phenolic OH excluding ortho intramolecular Hbond substituents is 8. The third-order valence-corrected chi connectivity index (χ3v) is 13.0. The molecule has 12 nitrogen and oxygen atoms in total. The summed E-state index contributed by atoms with van der Waals surface area (Å²) in [5.41, 5.74) is 3.02. The zero-order chi connectivity index (χ0) is 42.5. The molecule has 0 amide bonds. The molecule has 1 aliphatic heterocycles. The fraction of sp³-hybridized carbons (Fsp3) is 0.167. The van der Waals surface area contributed by atoms with Gasteiger partial charge in [-0.1, -0.05) is 0 Å². The Morgan fingerprint density at radius 3 is 0.517 bits per heavy atom. The molecular formula is C48H44N4O8. The molecule has 5 heterocycles. The molecule has 8 aromatic rings. The van der Waals surface area contributed by atoms with E-state index in [4.69, 9.17) is 0 Å². The summed E-state index contributed by atoms with van der Waals surface area (Å²) in [6.45, 7) is 7.83. The van der Waals surface area contributed by atoms with Crippen molar-refractivity contribution in [3.05, 3.63) is 189 Å². The predicted octanol–water partition coefficient (Wildman–Crippen LogP) is 8.37. The Morgan fingerprint density at radius 1 is 0.250 bits per heavy atom. The first-order valence-corrected chi connectivity index (χ1v) is 19.4. The lowest BCUT2D eigenvalue weighted by molar-refractivity contribution is 0.445. The molecule has 0 saturated carbocycles. The normalized spacial score (nSPS) is 22.5. The summed E-state index contributed by atoms with van der Waals surface area (Å²) >= 11 is 0. The summed E-state index contributed by atoms with van der Waals surface area (Å²) in [7, 11) is 0. The second kappa shape index (κ2) is 13.0. The number of hydrogen-bond donors (Lipinski definition) is 12. The molecular weight excluding hydrogens is 761 g/mol. The van der Waals surface area contributed by atoms with Crippen LogP contribution in [-0.4, -0.2) is 60.8 Å². The first-order valence-electron chi connectivity index (χ1n) is 19.4. The van der Waals surface area contributed by atoms with E-state index in [0.29, 0.717) is 67.8 Å². The lowest BCUT2D eigenvalue weighted by atomic mass is 9.76. The van der Waals surface area contributed by atoms with E-state index in [-0.39, 0.29) is 46.0 Å². The molecule has 12 heteroatoms. The van der Waals surface area contributed by atoms with E-state index in [0.717, 1.165) is 0 Å². The minimum absolute atomic E-state index is 0.141. The van der Waals surface area contributed by atoms with Crippen LogP contribution in [0.25, 0.3) is 0 Å². The van der Waals surface area contributed by atoms with E-state index in [2.05, 4.69) is 19.9 Å². The first kappa shape index (κ1) is 37.9. The number of fused-ring (bicyclic) bond motifs is 8. The number of phenols is 8. The quantitative estimate of drug-likeness (QED) is 0.0826. The van der Waals surface area contributed by atoms with Gasteiger partial charge in [-0.3, -0.25) is 0 Å². The molecule has 0 aliphatic carbocycles.